The number of amides is 1. The van der Waals surface area contributed by atoms with Crippen molar-refractivity contribution in [1.29, 1.82) is 0 Å². The SMILES string of the molecule is C/C=C/C(=O)N1CCC[C@@H](CNc2nc(-c3c[nH]c4ncc(Cl)cc34)ncc2F)C1. The molecular weight excluding hydrogens is 407 g/mol. The average molecular weight is 429 g/mol. The number of aromatic nitrogens is 4. The van der Waals surface area contributed by atoms with Crippen molar-refractivity contribution in [3.63, 3.8) is 0 Å². The van der Waals surface area contributed by atoms with E-state index >= 15 is 0 Å². The third kappa shape index (κ3) is 4.28. The molecule has 1 aliphatic rings. The van der Waals surface area contributed by atoms with Crippen molar-refractivity contribution >= 4 is 34.4 Å². The molecule has 4 heterocycles. The lowest BCUT2D eigenvalue weighted by Crippen LogP contribution is -2.41. The lowest BCUT2D eigenvalue weighted by molar-refractivity contribution is -0.127. The number of H-pyrrole nitrogens is 1. The monoisotopic (exact) mass is 428 g/mol. The van der Waals surface area contributed by atoms with Crippen molar-refractivity contribution in [1.82, 2.24) is 24.8 Å². The summed E-state index contributed by atoms with van der Waals surface area (Å²) in [6.07, 6.45) is 9.66. The van der Waals surface area contributed by atoms with Crippen LogP contribution >= 0.6 is 11.6 Å². The molecule has 1 aliphatic heterocycles. The summed E-state index contributed by atoms with van der Waals surface area (Å²) >= 11 is 6.06. The van der Waals surface area contributed by atoms with E-state index in [2.05, 4.69) is 25.3 Å². The van der Waals surface area contributed by atoms with Gasteiger partial charge in [-0.15, -0.1) is 0 Å². The zero-order valence-electron chi connectivity index (χ0n) is 16.5. The van der Waals surface area contributed by atoms with Gasteiger partial charge in [-0.2, -0.15) is 0 Å². The molecule has 0 aromatic carbocycles. The highest BCUT2D eigenvalue weighted by atomic mass is 35.5. The highest BCUT2D eigenvalue weighted by Crippen LogP contribution is 2.28. The smallest absolute Gasteiger partial charge is 0.246 e. The first-order chi connectivity index (χ1) is 14.5. The number of allylic oxidation sites excluding steroid dienone is 1. The van der Waals surface area contributed by atoms with Crippen LogP contribution in [0, 0.1) is 11.7 Å². The van der Waals surface area contributed by atoms with Crippen LogP contribution < -0.4 is 5.32 Å². The minimum Gasteiger partial charge on any atom is -0.367 e. The summed E-state index contributed by atoms with van der Waals surface area (Å²) in [7, 11) is 0. The van der Waals surface area contributed by atoms with E-state index < -0.39 is 5.82 Å². The Morgan fingerprint density at radius 3 is 3.13 bits per heavy atom. The van der Waals surface area contributed by atoms with Crippen LogP contribution in [0.1, 0.15) is 19.8 Å². The van der Waals surface area contributed by atoms with Crippen molar-refractivity contribution in [2.45, 2.75) is 19.8 Å². The van der Waals surface area contributed by atoms with Gasteiger partial charge >= 0.3 is 0 Å². The molecule has 3 aromatic rings. The van der Waals surface area contributed by atoms with Gasteiger partial charge in [-0.1, -0.05) is 17.7 Å². The van der Waals surface area contributed by atoms with Crippen molar-refractivity contribution in [3.8, 4) is 11.4 Å². The van der Waals surface area contributed by atoms with Gasteiger partial charge in [-0.3, -0.25) is 4.79 Å². The molecule has 0 saturated carbocycles. The Kier molecular flexibility index (Phi) is 5.94. The molecule has 4 rings (SSSR count). The number of likely N-dealkylation sites (tertiary alicyclic amines) is 1. The minimum atomic E-state index is -0.521. The molecule has 156 valence electrons. The third-order valence-corrected chi connectivity index (χ3v) is 5.39. The van der Waals surface area contributed by atoms with Crippen molar-refractivity contribution in [2.24, 2.45) is 5.92 Å². The number of fused-ring (bicyclic) bond motifs is 1. The molecule has 1 amide bonds. The van der Waals surface area contributed by atoms with Crippen LogP contribution in [0.3, 0.4) is 0 Å². The predicted octanol–water partition coefficient (Wildman–Crippen LogP) is 4.04. The summed E-state index contributed by atoms with van der Waals surface area (Å²) < 4.78 is 14.3. The van der Waals surface area contributed by atoms with Crippen LogP contribution in [-0.2, 0) is 4.79 Å². The van der Waals surface area contributed by atoms with Crippen LogP contribution in [0.25, 0.3) is 22.4 Å². The number of carbonyl (C=O) groups is 1. The summed E-state index contributed by atoms with van der Waals surface area (Å²) in [4.78, 5) is 29.7. The molecule has 1 fully saturated rings. The maximum absolute atomic E-state index is 14.3. The Hall–Kier alpha value is -3.00. The van der Waals surface area contributed by atoms with Crippen molar-refractivity contribution in [3.05, 3.63) is 47.6 Å². The molecule has 0 spiro atoms. The van der Waals surface area contributed by atoms with Crippen LogP contribution in [0.2, 0.25) is 5.02 Å². The highest BCUT2D eigenvalue weighted by Gasteiger charge is 2.23. The molecule has 1 atom stereocenters. The Labute approximate surface area is 178 Å². The zero-order valence-corrected chi connectivity index (χ0v) is 17.3. The zero-order chi connectivity index (χ0) is 21.1. The van der Waals surface area contributed by atoms with Gasteiger partial charge in [0.15, 0.2) is 17.5 Å². The largest absolute Gasteiger partial charge is 0.367 e. The fourth-order valence-electron chi connectivity index (χ4n) is 3.70. The second-order valence-electron chi connectivity index (χ2n) is 7.32. The number of pyridine rings is 1. The molecule has 1 saturated heterocycles. The highest BCUT2D eigenvalue weighted by molar-refractivity contribution is 6.31. The van der Waals surface area contributed by atoms with E-state index in [1.165, 1.54) is 0 Å². The number of piperidine rings is 1. The Bertz CT molecular complexity index is 1100. The molecule has 0 radical (unpaired) electrons. The van der Waals surface area contributed by atoms with Gasteiger partial charge in [0.05, 0.1) is 11.2 Å². The maximum Gasteiger partial charge on any atom is 0.246 e. The van der Waals surface area contributed by atoms with E-state index in [0.717, 1.165) is 31.0 Å². The number of carbonyl (C=O) groups excluding carboxylic acids is 1. The number of hydrogen-bond acceptors (Lipinski definition) is 5. The second-order valence-corrected chi connectivity index (χ2v) is 7.75. The predicted molar refractivity (Wildman–Crippen MR) is 115 cm³/mol. The van der Waals surface area contributed by atoms with Crippen LogP contribution in [0.15, 0.2) is 36.8 Å². The number of aromatic amines is 1. The second kappa shape index (κ2) is 8.79. The van der Waals surface area contributed by atoms with Crippen LogP contribution in [0.5, 0.6) is 0 Å². The Morgan fingerprint density at radius 1 is 1.43 bits per heavy atom. The molecule has 3 aromatic heterocycles. The molecule has 0 aliphatic carbocycles. The van der Waals surface area contributed by atoms with E-state index in [0.29, 0.717) is 35.1 Å². The fourth-order valence-corrected chi connectivity index (χ4v) is 3.86. The van der Waals surface area contributed by atoms with Gasteiger partial charge in [-0.25, -0.2) is 19.3 Å². The number of halogens is 2. The molecule has 2 N–H and O–H groups in total. The number of nitrogens with zero attached hydrogens (tertiary/aromatic N) is 4. The molecule has 30 heavy (non-hydrogen) atoms. The van der Waals surface area contributed by atoms with E-state index in [1.807, 2.05) is 11.8 Å². The lowest BCUT2D eigenvalue weighted by atomic mass is 9.98. The number of anilines is 1. The van der Waals surface area contributed by atoms with Crippen molar-refractivity contribution < 1.29 is 9.18 Å². The molecule has 7 nitrogen and oxygen atoms in total. The summed E-state index contributed by atoms with van der Waals surface area (Å²) in [5, 5.41) is 4.37. The summed E-state index contributed by atoms with van der Waals surface area (Å²) in [6.45, 7) is 3.74. The summed E-state index contributed by atoms with van der Waals surface area (Å²) in [6, 6.07) is 1.77. The van der Waals surface area contributed by atoms with E-state index in [9.17, 15) is 9.18 Å². The number of nitrogens with one attached hydrogen (secondary N) is 2. The average Bonchev–Trinajstić information content (AvgIpc) is 3.16. The van der Waals surface area contributed by atoms with Gasteiger partial charge in [0.25, 0.3) is 0 Å². The first kappa shape index (κ1) is 20.3. The minimum absolute atomic E-state index is 0.0179. The normalized spacial score (nSPS) is 17.0. The van der Waals surface area contributed by atoms with Gasteiger partial charge in [0.2, 0.25) is 5.91 Å². The third-order valence-electron chi connectivity index (χ3n) is 5.18. The topological polar surface area (TPSA) is 86.8 Å². The fraction of sp³-hybridized carbons (Fsp3) is 0.333. The Balaban J connectivity index is 1.50. The summed E-state index contributed by atoms with van der Waals surface area (Å²) in [5.74, 6) is 0.238. The van der Waals surface area contributed by atoms with Gasteiger partial charge in [0, 0.05) is 43.0 Å². The van der Waals surface area contributed by atoms with E-state index in [4.69, 9.17) is 11.6 Å². The number of hydrogen-bond donors (Lipinski definition) is 2. The quantitative estimate of drug-likeness (QED) is 0.599. The van der Waals surface area contributed by atoms with Crippen molar-refractivity contribution in [2.75, 3.05) is 25.0 Å². The standard InChI is InChI=1S/C21H22ClFN6O/c1-2-4-18(30)29-6-3-5-13(12-29)8-24-21-17(23)11-27-20(28-21)16-10-26-19-15(16)7-14(22)9-25-19/h2,4,7,9-11,13H,3,5-6,8,12H2,1H3,(H,25,26)(H,24,27,28)/b4-2+/t13-/m0/s1. The maximum atomic E-state index is 14.3. The first-order valence-corrected chi connectivity index (χ1v) is 10.2. The first-order valence-electron chi connectivity index (χ1n) is 9.86. The molecule has 0 bridgehead atoms. The van der Waals surface area contributed by atoms with Gasteiger partial charge < -0.3 is 15.2 Å². The molecule has 9 heteroatoms. The summed E-state index contributed by atoms with van der Waals surface area (Å²) in [5.41, 5.74) is 1.36. The van der Waals surface area contributed by atoms with Gasteiger partial charge in [0.1, 0.15) is 5.65 Å². The van der Waals surface area contributed by atoms with E-state index in [-0.39, 0.29) is 17.6 Å². The lowest BCUT2D eigenvalue weighted by Gasteiger charge is -2.32. The molecular formula is C21H22ClFN6O. The van der Waals surface area contributed by atoms with Gasteiger partial charge in [-0.05, 0) is 37.8 Å². The van der Waals surface area contributed by atoms with E-state index in [1.54, 1.807) is 30.6 Å². The number of rotatable bonds is 5. The van der Waals surface area contributed by atoms with Crippen LogP contribution in [0.4, 0.5) is 10.2 Å². The Morgan fingerprint density at radius 2 is 2.30 bits per heavy atom. The molecule has 0 unspecified atom stereocenters. The van der Waals surface area contributed by atoms with Crippen LogP contribution in [-0.4, -0.2) is 50.4 Å².